The second kappa shape index (κ2) is 11.1. The molecule has 0 heterocycles. The van der Waals surface area contributed by atoms with E-state index in [4.69, 9.17) is 9.47 Å². The molecule has 0 aliphatic rings. The summed E-state index contributed by atoms with van der Waals surface area (Å²) in [5.74, 6) is 0. The van der Waals surface area contributed by atoms with Crippen LogP contribution in [0.4, 0.5) is 0 Å². The summed E-state index contributed by atoms with van der Waals surface area (Å²) < 4.78 is 10.2. The molecule has 2 atom stereocenters. The first kappa shape index (κ1) is 15.6. The first-order chi connectivity index (χ1) is 7.76. The summed E-state index contributed by atoms with van der Waals surface area (Å²) in [5.41, 5.74) is 0. The molecule has 0 aromatic carbocycles. The van der Waals surface area contributed by atoms with Gasteiger partial charge in [-0.05, 0) is 13.3 Å². The SMILES string of the molecule is C/C=C/[C@H](OCOC)[C@@H](O)CCCCCC. The molecule has 0 amide bonds. The third kappa shape index (κ3) is 7.85. The second-order valence-electron chi connectivity index (χ2n) is 3.98. The van der Waals surface area contributed by atoms with Gasteiger partial charge in [0.15, 0.2) is 0 Å². The van der Waals surface area contributed by atoms with Gasteiger partial charge in [-0.1, -0.05) is 44.8 Å². The maximum absolute atomic E-state index is 9.93. The van der Waals surface area contributed by atoms with E-state index in [1.165, 1.54) is 19.3 Å². The molecule has 0 aromatic rings. The zero-order valence-electron chi connectivity index (χ0n) is 10.8. The van der Waals surface area contributed by atoms with Crippen molar-refractivity contribution in [2.45, 2.75) is 58.2 Å². The Morgan fingerprint density at radius 1 is 1.25 bits per heavy atom. The van der Waals surface area contributed by atoms with E-state index in [1.807, 2.05) is 19.1 Å². The Morgan fingerprint density at radius 2 is 2.00 bits per heavy atom. The number of unbranched alkanes of at least 4 members (excludes halogenated alkanes) is 3. The molecule has 96 valence electrons. The third-order valence-electron chi connectivity index (χ3n) is 2.49. The van der Waals surface area contributed by atoms with Gasteiger partial charge in [0, 0.05) is 7.11 Å². The molecule has 0 saturated heterocycles. The molecule has 0 aromatic heterocycles. The first-order valence-corrected chi connectivity index (χ1v) is 6.17. The van der Waals surface area contributed by atoms with E-state index >= 15 is 0 Å². The van der Waals surface area contributed by atoms with Crippen LogP contribution in [0.3, 0.4) is 0 Å². The fourth-order valence-corrected chi connectivity index (χ4v) is 1.58. The maximum Gasteiger partial charge on any atom is 0.147 e. The van der Waals surface area contributed by atoms with Gasteiger partial charge in [-0.3, -0.25) is 0 Å². The molecule has 0 aliphatic carbocycles. The Morgan fingerprint density at radius 3 is 2.56 bits per heavy atom. The lowest BCUT2D eigenvalue weighted by Crippen LogP contribution is -2.27. The van der Waals surface area contributed by atoms with Crippen molar-refractivity contribution in [3.63, 3.8) is 0 Å². The van der Waals surface area contributed by atoms with E-state index in [1.54, 1.807) is 7.11 Å². The Balaban J connectivity index is 3.81. The molecule has 0 fully saturated rings. The lowest BCUT2D eigenvalue weighted by Gasteiger charge is -2.20. The van der Waals surface area contributed by atoms with Crippen LogP contribution in [0.25, 0.3) is 0 Å². The highest BCUT2D eigenvalue weighted by Crippen LogP contribution is 2.11. The monoisotopic (exact) mass is 230 g/mol. The second-order valence-corrected chi connectivity index (χ2v) is 3.98. The van der Waals surface area contributed by atoms with Crippen LogP contribution in [0.15, 0.2) is 12.2 Å². The molecule has 16 heavy (non-hydrogen) atoms. The number of rotatable bonds is 10. The molecule has 0 radical (unpaired) electrons. The Kier molecular flexibility index (Phi) is 10.9. The molecule has 0 saturated carbocycles. The molecular weight excluding hydrogens is 204 g/mol. The smallest absolute Gasteiger partial charge is 0.147 e. The third-order valence-corrected chi connectivity index (χ3v) is 2.49. The topological polar surface area (TPSA) is 38.7 Å². The van der Waals surface area contributed by atoms with Crippen LogP contribution in [-0.4, -0.2) is 31.2 Å². The Labute approximate surface area is 99.5 Å². The van der Waals surface area contributed by atoms with Crippen molar-refractivity contribution in [2.75, 3.05) is 13.9 Å². The van der Waals surface area contributed by atoms with Crippen molar-refractivity contribution >= 4 is 0 Å². The molecule has 1 N–H and O–H groups in total. The van der Waals surface area contributed by atoms with Gasteiger partial charge in [0.05, 0.1) is 6.10 Å². The minimum Gasteiger partial charge on any atom is -0.390 e. The molecule has 0 aliphatic heterocycles. The average molecular weight is 230 g/mol. The van der Waals surface area contributed by atoms with E-state index in [2.05, 4.69) is 6.92 Å². The largest absolute Gasteiger partial charge is 0.390 e. The van der Waals surface area contributed by atoms with Gasteiger partial charge in [0.2, 0.25) is 0 Å². The van der Waals surface area contributed by atoms with Gasteiger partial charge in [0.25, 0.3) is 0 Å². The van der Waals surface area contributed by atoms with E-state index < -0.39 is 6.10 Å². The summed E-state index contributed by atoms with van der Waals surface area (Å²) >= 11 is 0. The zero-order valence-corrected chi connectivity index (χ0v) is 10.8. The van der Waals surface area contributed by atoms with Crippen molar-refractivity contribution in [2.24, 2.45) is 0 Å². The highest BCUT2D eigenvalue weighted by atomic mass is 16.7. The first-order valence-electron chi connectivity index (χ1n) is 6.17. The number of hydrogen-bond acceptors (Lipinski definition) is 3. The Bertz CT molecular complexity index is 169. The summed E-state index contributed by atoms with van der Waals surface area (Å²) in [7, 11) is 1.58. The molecule has 3 nitrogen and oxygen atoms in total. The van der Waals surface area contributed by atoms with Crippen LogP contribution in [0.5, 0.6) is 0 Å². The fraction of sp³-hybridized carbons (Fsp3) is 0.846. The quantitative estimate of drug-likeness (QED) is 0.356. The number of methoxy groups -OCH3 is 1. The summed E-state index contributed by atoms with van der Waals surface area (Å²) in [6, 6.07) is 0. The predicted molar refractivity (Wildman–Crippen MR) is 66.3 cm³/mol. The average Bonchev–Trinajstić information content (AvgIpc) is 2.29. The van der Waals surface area contributed by atoms with Crippen molar-refractivity contribution in [3.05, 3.63) is 12.2 Å². The van der Waals surface area contributed by atoms with Gasteiger partial charge < -0.3 is 14.6 Å². The van der Waals surface area contributed by atoms with Crippen molar-refractivity contribution in [1.82, 2.24) is 0 Å². The maximum atomic E-state index is 9.93. The van der Waals surface area contributed by atoms with E-state index in [-0.39, 0.29) is 12.9 Å². The van der Waals surface area contributed by atoms with E-state index in [0.717, 1.165) is 12.8 Å². The van der Waals surface area contributed by atoms with Crippen molar-refractivity contribution < 1.29 is 14.6 Å². The molecule has 0 spiro atoms. The zero-order chi connectivity index (χ0) is 12.2. The van der Waals surface area contributed by atoms with Crippen LogP contribution < -0.4 is 0 Å². The molecule has 3 heteroatoms. The number of ether oxygens (including phenoxy) is 2. The number of aliphatic hydroxyl groups is 1. The lowest BCUT2D eigenvalue weighted by molar-refractivity contribution is -0.0947. The van der Waals surface area contributed by atoms with Crippen LogP contribution in [0, 0.1) is 0 Å². The molecular formula is C13H26O3. The number of hydrogen-bond donors (Lipinski definition) is 1. The van der Waals surface area contributed by atoms with Gasteiger partial charge in [-0.25, -0.2) is 0 Å². The highest BCUT2D eigenvalue weighted by molar-refractivity contribution is 4.91. The highest BCUT2D eigenvalue weighted by Gasteiger charge is 2.16. The summed E-state index contributed by atoms with van der Waals surface area (Å²) in [5, 5.41) is 9.93. The Hall–Kier alpha value is -0.380. The fourth-order valence-electron chi connectivity index (χ4n) is 1.58. The van der Waals surface area contributed by atoms with Crippen LogP contribution in [-0.2, 0) is 9.47 Å². The number of aliphatic hydroxyl groups excluding tert-OH is 1. The molecule has 0 unspecified atom stereocenters. The standard InChI is InChI=1S/C13H26O3/c1-4-6-7-8-10-12(14)13(9-5-2)16-11-15-3/h5,9,12-14H,4,6-8,10-11H2,1-3H3/b9-5+/t12-,13-/m0/s1. The van der Waals surface area contributed by atoms with E-state index in [0.29, 0.717) is 0 Å². The van der Waals surface area contributed by atoms with Crippen LogP contribution in [0.1, 0.15) is 46.0 Å². The summed E-state index contributed by atoms with van der Waals surface area (Å²) in [4.78, 5) is 0. The van der Waals surface area contributed by atoms with Crippen molar-refractivity contribution in [1.29, 1.82) is 0 Å². The van der Waals surface area contributed by atoms with Gasteiger partial charge in [-0.2, -0.15) is 0 Å². The lowest BCUT2D eigenvalue weighted by atomic mass is 10.0. The normalized spacial score (nSPS) is 15.5. The minimum absolute atomic E-state index is 0.223. The summed E-state index contributed by atoms with van der Waals surface area (Å²) in [6.07, 6.45) is 8.58. The number of allylic oxidation sites excluding steroid dienone is 1. The van der Waals surface area contributed by atoms with Gasteiger partial charge in [0.1, 0.15) is 12.9 Å². The summed E-state index contributed by atoms with van der Waals surface area (Å²) in [6.45, 7) is 4.33. The van der Waals surface area contributed by atoms with Gasteiger partial charge in [-0.15, -0.1) is 0 Å². The predicted octanol–water partition coefficient (Wildman–Crippen LogP) is 2.88. The van der Waals surface area contributed by atoms with Crippen LogP contribution in [0.2, 0.25) is 0 Å². The molecule has 0 rings (SSSR count). The molecule has 0 bridgehead atoms. The van der Waals surface area contributed by atoms with Gasteiger partial charge >= 0.3 is 0 Å². The van der Waals surface area contributed by atoms with E-state index in [9.17, 15) is 5.11 Å². The van der Waals surface area contributed by atoms with Crippen molar-refractivity contribution in [3.8, 4) is 0 Å². The van der Waals surface area contributed by atoms with Crippen LogP contribution >= 0.6 is 0 Å². The minimum atomic E-state index is -0.428.